The molecular weight excluding hydrogens is 280 g/mol. The van der Waals surface area contributed by atoms with Gasteiger partial charge >= 0.3 is 5.69 Å². The van der Waals surface area contributed by atoms with Gasteiger partial charge in [0.1, 0.15) is 0 Å². The van der Waals surface area contributed by atoms with E-state index in [9.17, 15) is 9.59 Å². The van der Waals surface area contributed by atoms with Crippen molar-refractivity contribution in [3.63, 3.8) is 0 Å². The Bertz CT molecular complexity index is 722. The largest absolute Gasteiger partial charge is 0.332 e. The van der Waals surface area contributed by atoms with Gasteiger partial charge in [-0.05, 0) is 12.3 Å². The van der Waals surface area contributed by atoms with E-state index >= 15 is 0 Å². The van der Waals surface area contributed by atoms with Crippen LogP contribution in [0.4, 0.5) is 0 Å². The first-order valence-electron chi connectivity index (χ1n) is 8.04. The fraction of sp³-hybridized carbons (Fsp3) is 0.688. The Kier molecular flexibility index (Phi) is 6.59. The molecule has 0 atom stereocenters. The van der Waals surface area contributed by atoms with Gasteiger partial charge in [-0.3, -0.25) is 13.9 Å². The monoisotopic (exact) mass is 308 g/mol. The molecule has 0 saturated heterocycles. The fourth-order valence-corrected chi connectivity index (χ4v) is 2.42. The molecule has 0 radical (unpaired) electrons. The Labute approximate surface area is 131 Å². The molecule has 0 amide bonds. The van der Waals surface area contributed by atoms with E-state index in [1.165, 1.54) is 9.13 Å². The van der Waals surface area contributed by atoms with Crippen LogP contribution >= 0.6 is 0 Å². The van der Waals surface area contributed by atoms with Crippen molar-refractivity contribution in [3.05, 3.63) is 27.2 Å². The van der Waals surface area contributed by atoms with Crippen molar-refractivity contribution in [3.8, 4) is 0 Å². The molecule has 0 aliphatic carbocycles. The number of unbranched alkanes of at least 4 members (excludes halogenated alkanes) is 1. The van der Waals surface area contributed by atoms with Gasteiger partial charge in [-0.2, -0.15) is 0 Å². The van der Waals surface area contributed by atoms with Gasteiger partial charge in [-0.1, -0.05) is 40.5 Å². The van der Waals surface area contributed by atoms with E-state index in [0.29, 0.717) is 23.6 Å². The van der Waals surface area contributed by atoms with Crippen molar-refractivity contribution in [1.29, 1.82) is 0 Å². The zero-order valence-electron chi connectivity index (χ0n) is 14.6. The van der Waals surface area contributed by atoms with Crippen LogP contribution in [0.5, 0.6) is 0 Å². The fourth-order valence-electron chi connectivity index (χ4n) is 2.42. The van der Waals surface area contributed by atoms with Gasteiger partial charge in [0.05, 0.1) is 6.33 Å². The van der Waals surface area contributed by atoms with Crippen LogP contribution in [-0.4, -0.2) is 18.7 Å². The minimum atomic E-state index is -0.286. The summed E-state index contributed by atoms with van der Waals surface area (Å²) in [5.74, 6) is 0.647. The molecule has 6 heteroatoms. The lowest BCUT2D eigenvalue weighted by molar-refractivity contribution is 0.492. The summed E-state index contributed by atoms with van der Waals surface area (Å²) in [7, 11) is 3.42. The maximum absolute atomic E-state index is 12.4. The molecule has 0 bridgehead atoms. The lowest BCUT2D eigenvalue weighted by atomic mass is 10.1. The smallest absolute Gasteiger partial charge is 0.328 e. The van der Waals surface area contributed by atoms with E-state index in [-0.39, 0.29) is 11.2 Å². The summed E-state index contributed by atoms with van der Waals surface area (Å²) >= 11 is 0. The summed E-state index contributed by atoms with van der Waals surface area (Å²) in [6, 6.07) is 0. The summed E-state index contributed by atoms with van der Waals surface area (Å²) in [5, 5.41) is 0. The van der Waals surface area contributed by atoms with Crippen molar-refractivity contribution >= 4 is 11.2 Å². The lowest BCUT2D eigenvalue weighted by Gasteiger charge is -2.09. The standard InChI is InChI=1S/C14H22N4O2.C2H6/c1-10(2)7-5-6-8-18-13(19)11-12(15-9-16(11)3)17(4)14(18)20;1-2/h9-10H,5-8H2,1-4H3;1-2H3. The first kappa shape index (κ1) is 18.2. The SMILES string of the molecule is CC.CC(C)CCCCn1c(=O)c2c(ncn2C)n(C)c1=O. The molecule has 2 heterocycles. The van der Waals surface area contributed by atoms with Crippen molar-refractivity contribution in [2.24, 2.45) is 20.0 Å². The summed E-state index contributed by atoms with van der Waals surface area (Å²) < 4.78 is 4.44. The number of hydrogen-bond donors (Lipinski definition) is 0. The van der Waals surface area contributed by atoms with Gasteiger partial charge < -0.3 is 4.57 Å². The maximum atomic E-state index is 12.4. The summed E-state index contributed by atoms with van der Waals surface area (Å²) in [6.07, 6.45) is 4.55. The Morgan fingerprint density at radius 2 is 1.77 bits per heavy atom. The van der Waals surface area contributed by atoms with Crippen LogP contribution in [0, 0.1) is 5.92 Å². The number of imidazole rings is 1. The van der Waals surface area contributed by atoms with Crippen molar-refractivity contribution in [1.82, 2.24) is 18.7 Å². The van der Waals surface area contributed by atoms with Crippen LogP contribution in [0.3, 0.4) is 0 Å². The Morgan fingerprint density at radius 1 is 1.14 bits per heavy atom. The van der Waals surface area contributed by atoms with Gasteiger partial charge in [-0.25, -0.2) is 9.78 Å². The number of nitrogens with zero attached hydrogens (tertiary/aromatic N) is 4. The van der Waals surface area contributed by atoms with Gasteiger partial charge in [0, 0.05) is 20.6 Å². The molecule has 22 heavy (non-hydrogen) atoms. The number of fused-ring (bicyclic) bond motifs is 1. The second-order valence-electron chi connectivity index (χ2n) is 5.72. The molecule has 2 aromatic heterocycles. The zero-order chi connectivity index (χ0) is 16.9. The van der Waals surface area contributed by atoms with E-state index in [1.807, 2.05) is 13.8 Å². The summed E-state index contributed by atoms with van der Waals surface area (Å²) in [5.41, 5.74) is 0.398. The molecule has 0 unspecified atom stereocenters. The van der Waals surface area contributed by atoms with Gasteiger partial charge in [0.15, 0.2) is 11.2 Å². The van der Waals surface area contributed by atoms with Gasteiger partial charge in [0.25, 0.3) is 5.56 Å². The van der Waals surface area contributed by atoms with Crippen LogP contribution in [0.15, 0.2) is 15.9 Å². The highest BCUT2D eigenvalue weighted by molar-refractivity contribution is 5.69. The molecule has 0 aliphatic heterocycles. The summed E-state index contributed by atoms with van der Waals surface area (Å²) in [6.45, 7) is 8.82. The first-order chi connectivity index (χ1) is 10.4. The first-order valence-corrected chi connectivity index (χ1v) is 8.04. The predicted octanol–water partition coefficient (Wildman–Crippen LogP) is 2.29. The third kappa shape index (κ3) is 3.67. The molecule has 0 N–H and O–H groups in total. The molecule has 6 nitrogen and oxygen atoms in total. The van der Waals surface area contributed by atoms with Crippen LogP contribution < -0.4 is 11.2 Å². The normalized spacial score (nSPS) is 10.9. The van der Waals surface area contributed by atoms with E-state index < -0.39 is 0 Å². The van der Waals surface area contributed by atoms with Crippen LogP contribution in [0.2, 0.25) is 0 Å². The van der Waals surface area contributed by atoms with Crippen LogP contribution in [-0.2, 0) is 20.6 Å². The van der Waals surface area contributed by atoms with Crippen LogP contribution in [0.1, 0.15) is 47.0 Å². The van der Waals surface area contributed by atoms with E-state index in [4.69, 9.17) is 0 Å². The number of aromatic nitrogens is 4. The summed E-state index contributed by atoms with van der Waals surface area (Å²) in [4.78, 5) is 28.7. The highest BCUT2D eigenvalue weighted by atomic mass is 16.2. The topological polar surface area (TPSA) is 61.8 Å². The molecule has 0 aliphatic rings. The molecule has 124 valence electrons. The number of aryl methyl sites for hydroxylation is 2. The third-order valence-electron chi connectivity index (χ3n) is 3.61. The Morgan fingerprint density at radius 3 is 2.36 bits per heavy atom. The molecule has 0 aromatic carbocycles. The second kappa shape index (κ2) is 7.96. The Hall–Kier alpha value is -1.85. The minimum absolute atomic E-state index is 0.243. The zero-order valence-corrected chi connectivity index (χ0v) is 14.6. The van der Waals surface area contributed by atoms with Crippen molar-refractivity contribution in [2.45, 2.75) is 53.5 Å². The average Bonchev–Trinajstić information content (AvgIpc) is 2.88. The van der Waals surface area contributed by atoms with Crippen LogP contribution in [0.25, 0.3) is 11.2 Å². The molecule has 0 saturated carbocycles. The maximum Gasteiger partial charge on any atom is 0.332 e. The average molecular weight is 308 g/mol. The van der Waals surface area contributed by atoms with E-state index in [2.05, 4.69) is 18.8 Å². The highest BCUT2D eigenvalue weighted by Gasteiger charge is 2.14. The highest BCUT2D eigenvalue weighted by Crippen LogP contribution is 2.07. The number of rotatable bonds is 5. The molecule has 2 aromatic rings. The van der Waals surface area contributed by atoms with Crippen molar-refractivity contribution < 1.29 is 0 Å². The second-order valence-corrected chi connectivity index (χ2v) is 5.72. The van der Waals surface area contributed by atoms with Gasteiger partial charge in [-0.15, -0.1) is 0 Å². The lowest BCUT2D eigenvalue weighted by Crippen LogP contribution is -2.39. The van der Waals surface area contributed by atoms with Crippen molar-refractivity contribution in [2.75, 3.05) is 0 Å². The molecule has 0 spiro atoms. The van der Waals surface area contributed by atoms with E-state index in [0.717, 1.165) is 19.3 Å². The van der Waals surface area contributed by atoms with Gasteiger partial charge in [0.2, 0.25) is 0 Å². The molecular formula is C16H28N4O2. The minimum Gasteiger partial charge on any atom is -0.328 e. The third-order valence-corrected chi connectivity index (χ3v) is 3.61. The molecule has 2 rings (SSSR count). The van der Waals surface area contributed by atoms with E-state index in [1.54, 1.807) is 25.0 Å². The number of hydrogen-bond acceptors (Lipinski definition) is 3. The molecule has 0 fully saturated rings. The predicted molar refractivity (Wildman–Crippen MR) is 90.3 cm³/mol. The quantitative estimate of drug-likeness (QED) is 0.796. The Balaban J connectivity index is 0.00000116.